The molecule has 1 aliphatic heterocycles. The Morgan fingerprint density at radius 3 is 2.38 bits per heavy atom. The SMILES string of the molecule is CCn1cc(C#N)c(=O)n(Cc2ccc(C(=O)N3CCCC3)cc2)c1=O. The summed E-state index contributed by atoms with van der Waals surface area (Å²) in [5.74, 6) is 0.00559. The van der Waals surface area contributed by atoms with Gasteiger partial charge in [-0.3, -0.25) is 18.7 Å². The summed E-state index contributed by atoms with van der Waals surface area (Å²) in [6.07, 6.45) is 3.36. The summed E-state index contributed by atoms with van der Waals surface area (Å²) in [5, 5.41) is 9.10. The van der Waals surface area contributed by atoms with Crippen LogP contribution in [0.1, 0.15) is 41.3 Å². The zero-order chi connectivity index (χ0) is 18.7. The lowest BCUT2D eigenvalue weighted by Gasteiger charge is -2.15. The van der Waals surface area contributed by atoms with Gasteiger partial charge in [0.2, 0.25) is 0 Å². The first-order valence-corrected chi connectivity index (χ1v) is 8.67. The Bertz CT molecular complexity index is 974. The quantitative estimate of drug-likeness (QED) is 0.827. The summed E-state index contributed by atoms with van der Waals surface area (Å²) >= 11 is 0. The maximum Gasteiger partial charge on any atom is 0.331 e. The van der Waals surface area contributed by atoms with E-state index >= 15 is 0 Å². The highest BCUT2D eigenvalue weighted by atomic mass is 16.2. The highest BCUT2D eigenvalue weighted by Crippen LogP contribution is 2.13. The van der Waals surface area contributed by atoms with E-state index < -0.39 is 11.2 Å². The van der Waals surface area contributed by atoms with Crippen LogP contribution in [0.25, 0.3) is 0 Å². The van der Waals surface area contributed by atoms with Gasteiger partial charge in [0.1, 0.15) is 11.6 Å². The Morgan fingerprint density at radius 2 is 1.81 bits per heavy atom. The summed E-state index contributed by atoms with van der Waals surface area (Å²) in [4.78, 5) is 38.9. The number of hydrogen-bond acceptors (Lipinski definition) is 4. The van der Waals surface area contributed by atoms with E-state index in [-0.39, 0.29) is 18.0 Å². The number of carbonyl (C=O) groups excluding carboxylic acids is 1. The molecule has 2 heterocycles. The van der Waals surface area contributed by atoms with Crippen LogP contribution in [-0.4, -0.2) is 33.0 Å². The Kier molecular flexibility index (Phi) is 5.03. The second kappa shape index (κ2) is 7.40. The topological polar surface area (TPSA) is 88.1 Å². The van der Waals surface area contributed by atoms with Gasteiger partial charge in [0, 0.05) is 31.4 Å². The number of aromatic nitrogens is 2. The third-order valence-electron chi connectivity index (χ3n) is 4.63. The summed E-state index contributed by atoms with van der Waals surface area (Å²) in [6, 6.07) is 8.75. The largest absolute Gasteiger partial charge is 0.339 e. The molecule has 2 aromatic rings. The minimum Gasteiger partial charge on any atom is -0.339 e. The molecule has 0 spiro atoms. The average Bonchev–Trinajstić information content (AvgIpc) is 3.20. The van der Waals surface area contributed by atoms with Crippen LogP contribution in [0.5, 0.6) is 0 Å². The normalized spacial score (nSPS) is 13.6. The molecule has 1 fully saturated rings. The number of nitriles is 1. The Morgan fingerprint density at radius 1 is 1.15 bits per heavy atom. The first-order chi connectivity index (χ1) is 12.5. The van der Waals surface area contributed by atoms with Crippen molar-refractivity contribution in [2.45, 2.75) is 32.9 Å². The van der Waals surface area contributed by atoms with Crippen molar-refractivity contribution in [2.75, 3.05) is 13.1 Å². The van der Waals surface area contributed by atoms with Gasteiger partial charge < -0.3 is 4.90 Å². The first-order valence-electron chi connectivity index (χ1n) is 8.67. The number of carbonyl (C=O) groups is 1. The fourth-order valence-corrected chi connectivity index (χ4v) is 3.13. The molecule has 0 aliphatic carbocycles. The standard InChI is InChI=1S/C19H20N4O3/c1-2-21-13-16(11-20)18(25)23(19(21)26)12-14-5-7-15(8-6-14)17(24)22-9-3-4-10-22/h5-8,13H,2-4,9-10,12H2,1H3. The molecule has 0 unspecified atom stereocenters. The molecular weight excluding hydrogens is 332 g/mol. The fraction of sp³-hybridized carbons (Fsp3) is 0.368. The minimum absolute atomic E-state index is 0.00559. The maximum absolute atomic E-state index is 12.4. The van der Waals surface area contributed by atoms with Crippen molar-refractivity contribution in [3.05, 3.63) is 68.0 Å². The smallest absolute Gasteiger partial charge is 0.331 e. The first kappa shape index (κ1) is 17.7. The van der Waals surface area contributed by atoms with E-state index in [4.69, 9.17) is 5.26 Å². The van der Waals surface area contributed by atoms with Gasteiger partial charge in [-0.25, -0.2) is 4.79 Å². The lowest BCUT2D eigenvalue weighted by molar-refractivity contribution is 0.0793. The summed E-state index contributed by atoms with van der Waals surface area (Å²) in [5.41, 5.74) is 0.208. The number of nitrogens with zero attached hydrogens (tertiary/aromatic N) is 4. The summed E-state index contributed by atoms with van der Waals surface area (Å²) < 4.78 is 2.39. The number of aryl methyl sites for hydroxylation is 1. The van der Waals surface area contributed by atoms with Crippen LogP contribution in [0.15, 0.2) is 40.1 Å². The molecule has 0 saturated carbocycles. The molecule has 7 nitrogen and oxygen atoms in total. The molecule has 7 heteroatoms. The van der Waals surface area contributed by atoms with E-state index in [1.54, 1.807) is 31.2 Å². The highest BCUT2D eigenvalue weighted by Gasteiger charge is 2.19. The lowest BCUT2D eigenvalue weighted by Crippen LogP contribution is -2.40. The zero-order valence-electron chi connectivity index (χ0n) is 14.6. The Balaban J connectivity index is 1.88. The average molecular weight is 352 g/mol. The predicted octanol–water partition coefficient (Wildman–Crippen LogP) is 1.19. The Hall–Kier alpha value is -3.14. The van der Waals surface area contributed by atoms with Crippen LogP contribution in [0.4, 0.5) is 0 Å². The lowest BCUT2D eigenvalue weighted by atomic mass is 10.1. The van der Waals surface area contributed by atoms with Gasteiger partial charge >= 0.3 is 5.69 Å². The van der Waals surface area contributed by atoms with Gasteiger partial charge in [0.25, 0.3) is 11.5 Å². The van der Waals surface area contributed by atoms with Crippen molar-refractivity contribution >= 4 is 5.91 Å². The maximum atomic E-state index is 12.4. The highest BCUT2D eigenvalue weighted by molar-refractivity contribution is 5.94. The van der Waals surface area contributed by atoms with Crippen molar-refractivity contribution < 1.29 is 4.79 Å². The number of amides is 1. The van der Waals surface area contributed by atoms with E-state index in [1.165, 1.54) is 10.8 Å². The van der Waals surface area contributed by atoms with Crippen LogP contribution in [0, 0.1) is 11.3 Å². The van der Waals surface area contributed by atoms with E-state index in [0.29, 0.717) is 12.1 Å². The number of benzene rings is 1. The minimum atomic E-state index is -0.598. The summed E-state index contributed by atoms with van der Waals surface area (Å²) in [6.45, 7) is 3.78. The molecule has 1 aromatic heterocycles. The van der Waals surface area contributed by atoms with Crippen molar-refractivity contribution in [3.63, 3.8) is 0 Å². The van der Waals surface area contributed by atoms with Crippen molar-refractivity contribution in [2.24, 2.45) is 0 Å². The third kappa shape index (κ3) is 3.31. The molecular formula is C19H20N4O3. The van der Waals surface area contributed by atoms with Crippen LogP contribution in [0.2, 0.25) is 0 Å². The van der Waals surface area contributed by atoms with Crippen molar-refractivity contribution in [3.8, 4) is 6.07 Å². The summed E-state index contributed by atoms with van der Waals surface area (Å²) in [7, 11) is 0. The van der Waals surface area contributed by atoms with E-state index in [2.05, 4.69) is 0 Å². The fourth-order valence-electron chi connectivity index (χ4n) is 3.13. The van der Waals surface area contributed by atoms with E-state index in [9.17, 15) is 14.4 Å². The molecule has 134 valence electrons. The number of hydrogen-bond donors (Lipinski definition) is 0. The predicted molar refractivity (Wildman–Crippen MR) is 96.0 cm³/mol. The van der Waals surface area contributed by atoms with Gasteiger partial charge in [-0.2, -0.15) is 5.26 Å². The van der Waals surface area contributed by atoms with Gasteiger partial charge in [-0.15, -0.1) is 0 Å². The third-order valence-corrected chi connectivity index (χ3v) is 4.63. The number of rotatable bonds is 4. The van der Waals surface area contributed by atoms with Crippen LogP contribution in [-0.2, 0) is 13.1 Å². The van der Waals surface area contributed by atoms with Gasteiger partial charge in [0.05, 0.1) is 6.54 Å². The van der Waals surface area contributed by atoms with Crippen molar-refractivity contribution in [1.82, 2.24) is 14.0 Å². The molecule has 1 saturated heterocycles. The molecule has 0 atom stereocenters. The monoisotopic (exact) mass is 352 g/mol. The molecule has 3 rings (SSSR count). The zero-order valence-corrected chi connectivity index (χ0v) is 14.6. The van der Waals surface area contributed by atoms with Crippen LogP contribution < -0.4 is 11.2 Å². The molecule has 0 N–H and O–H groups in total. The van der Waals surface area contributed by atoms with Crippen LogP contribution >= 0.6 is 0 Å². The molecule has 26 heavy (non-hydrogen) atoms. The second-order valence-electron chi connectivity index (χ2n) is 6.31. The molecule has 1 amide bonds. The van der Waals surface area contributed by atoms with Gasteiger partial charge in [0.15, 0.2) is 0 Å². The molecule has 0 radical (unpaired) electrons. The number of likely N-dealkylation sites (tertiary alicyclic amines) is 1. The van der Waals surface area contributed by atoms with Crippen molar-refractivity contribution in [1.29, 1.82) is 5.26 Å². The molecule has 1 aliphatic rings. The molecule has 0 bridgehead atoms. The molecule has 1 aromatic carbocycles. The van der Waals surface area contributed by atoms with Gasteiger partial charge in [-0.1, -0.05) is 12.1 Å². The second-order valence-corrected chi connectivity index (χ2v) is 6.31. The Labute approximate surface area is 150 Å². The van der Waals surface area contributed by atoms with E-state index in [1.807, 2.05) is 11.0 Å². The van der Waals surface area contributed by atoms with Gasteiger partial charge in [-0.05, 0) is 37.5 Å². The van der Waals surface area contributed by atoms with E-state index in [0.717, 1.165) is 36.1 Å². The van der Waals surface area contributed by atoms with Crippen LogP contribution in [0.3, 0.4) is 0 Å².